The Morgan fingerprint density at radius 1 is 1.47 bits per heavy atom. The minimum Gasteiger partial charge on any atom is -0.378 e. The van der Waals surface area contributed by atoms with Crippen LogP contribution >= 0.6 is 0 Å². The van der Waals surface area contributed by atoms with Crippen molar-refractivity contribution in [2.45, 2.75) is 59.1 Å². The van der Waals surface area contributed by atoms with Crippen molar-refractivity contribution in [2.24, 2.45) is 0 Å². The molecule has 1 saturated heterocycles. The Kier molecular flexibility index (Phi) is 5.88. The zero-order chi connectivity index (χ0) is 12.1. The van der Waals surface area contributed by atoms with Gasteiger partial charge in [0.2, 0.25) is 5.91 Å². The van der Waals surface area contributed by atoms with E-state index < -0.39 is 0 Å². The molecule has 0 bridgehead atoms. The highest BCUT2D eigenvalue weighted by atomic mass is 16.5. The van der Waals surface area contributed by atoms with Gasteiger partial charge in [0, 0.05) is 26.6 Å². The summed E-state index contributed by atoms with van der Waals surface area (Å²) in [4.78, 5) is 13.1. The molecule has 0 aromatic rings. The summed E-state index contributed by atoms with van der Waals surface area (Å²) in [5.74, 6) is 0.172. The molecule has 1 fully saturated rings. The molecule has 2 atom stereocenters. The number of nitrogens with zero attached hydrogens (tertiary/aromatic N) is 1. The summed E-state index contributed by atoms with van der Waals surface area (Å²) in [7, 11) is 1.75. The molecule has 90 valence electrons. The summed E-state index contributed by atoms with van der Waals surface area (Å²) in [6.45, 7) is 10.6. The zero-order valence-electron chi connectivity index (χ0n) is 11.0. The molecule has 0 saturated carbocycles. The number of carbonyl (C=O) groups is 1. The second-order valence-corrected chi connectivity index (χ2v) is 4.17. The van der Waals surface area contributed by atoms with Crippen LogP contribution in [0.25, 0.3) is 0 Å². The molecule has 1 aliphatic heterocycles. The van der Waals surface area contributed by atoms with Gasteiger partial charge in [-0.25, -0.2) is 0 Å². The van der Waals surface area contributed by atoms with E-state index in [4.69, 9.17) is 4.74 Å². The molecule has 3 nitrogen and oxygen atoms in total. The molecular weight excluding hydrogens is 190 g/mol. The Bertz CT molecular complexity index is 206. The van der Waals surface area contributed by atoms with Crippen LogP contribution in [0.3, 0.4) is 0 Å². The molecule has 0 spiro atoms. The number of likely N-dealkylation sites (tertiary alicyclic amines) is 1. The first-order valence-corrected chi connectivity index (χ1v) is 5.81. The Hall–Kier alpha value is -0.570. The van der Waals surface area contributed by atoms with Gasteiger partial charge in [0.15, 0.2) is 0 Å². The summed E-state index contributed by atoms with van der Waals surface area (Å²) in [6, 6.07) is 0.302. The highest BCUT2D eigenvalue weighted by Crippen LogP contribution is 2.28. The van der Waals surface area contributed by atoms with E-state index in [9.17, 15) is 4.79 Å². The summed E-state index contributed by atoms with van der Waals surface area (Å²) in [5.41, 5.74) is -0.0363. The molecular formula is C12H25NO2. The van der Waals surface area contributed by atoms with Crippen molar-refractivity contribution in [1.82, 2.24) is 4.90 Å². The maximum atomic E-state index is 11.2. The third-order valence-electron chi connectivity index (χ3n) is 3.04. The van der Waals surface area contributed by atoms with Gasteiger partial charge in [-0.1, -0.05) is 13.8 Å². The molecule has 0 radical (unpaired) electrons. The quantitative estimate of drug-likeness (QED) is 0.672. The van der Waals surface area contributed by atoms with Crippen LogP contribution in [0.15, 0.2) is 0 Å². The molecule has 3 heteroatoms. The standard InChI is InChI=1S/C10H19NO2.C2H6/c1-8-7-10(3,13-4)5-6-11(8)9(2)12;1-2/h8H,5-7H2,1-4H3;1-2H3. The maximum absolute atomic E-state index is 11.2. The lowest BCUT2D eigenvalue weighted by atomic mass is 9.88. The number of hydrogen-bond acceptors (Lipinski definition) is 2. The Morgan fingerprint density at radius 2 is 2.00 bits per heavy atom. The van der Waals surface area contributed by atoms with Gasteiger partial charge in [-0.15, -0.1) is 0 Å². The monoisotopic (exact) mass is 215 g/mol. The van der Waals surface area contributed by atoms with Crippen LogP contribution in [-0.2, 0) is 9.53 Å². The van der Waals surface area contributed by atoms with Gasteiger partial charge in [0.05, 0.1) is 5.60 Å². The number of amides is 1. The highest BCUT2D eigenvalue weighted by molar-refractivity contribution is 5.73. The molecule has 0 aromatic heterocycles. The molecule has 0 N–H and O–H groups in total. The fourth-order valence-corrected chi connectivity index (χ4v) is 2.07. The third-order valence-corrected chi connectivity index (χ3v) is 3.04. The van der Waals surface area contributed by atoms with E-state index in [2.05, 4.69) is 13.8 Å². The van der Waals surface area contributed by atoms with E-state index >= 15 is 0 Å². The van der Waals surface area contributed by atoms with Gasteiger partial charge in [0.1, 0.15) is 0 Å². The van der Waals surface area contributed by atoms with E-state index in [0.29, 0.717) is 6.04 Å². The molecule has 1 amide bonds. The largest absolute Gasteiger partial charge is 0.378 e. The van der Waals surface area contributed by atoms with Gasteiger partial charge in [-0.2, -0.15) is 0 Å². The molecule has 1 heterocycles. The van der Waals surface area contributed by atoms with Crippen LogP contribution < -0.4 is 0 Å². The number of piperidine rings is 1. The van der Waals surface area contributed by atoms with Crippen LogP contribution in [0.4, 0.5) is 0 Å². The maximum Gasteiger partial charge on any atom is 0.219 e. The lowest BCUT2D eigenvalue weighted by Gasteiger charge is -2.42. The molecule has 1 aliphatic rings. The lowest BCUT2D eigenvalue weighted by molar-refractivity contribution is -0.137. The van der Waals surface area contributed by atoms with Crippen molar-refractivity contribution >= 4 is 5.91 Å². The highest BCUT2D eigenvalue weighted by Gasteiger charge is 2.35. The van der Waals surface area contributed by atoms with E-state index in [1.54, 1.807) is 14.0 Å². The lowest BCUT2D eigenvalue weighted by Crippen LogP contribution is -2.50. The number of carbonyl (C=O) groups excluding carboxylic acids is 1. The number of rotatable bonds is 1. The molecule has 1 rings (SSSR count). The SMILES string of the molecule is CC.COC1(C)CCN(C(C)=O)C(C)C1. The predicted octanol–water partition coefficient (Wildman–Crippen LogP) is 2.45. The fraction of sp³-hybridized carbons (Fsp3) is 0.917. The normalized spacial score (nSPS) is 30.5. The third kappa shape index (κ3) is 3.82. The van der Waals surface area contributed by atoms with E-state index in [0.717, 1.165) is 19.4 Å². The van der Waals surface area contributed by atoms with Crippen LogP contribution in [0, 0.1) is 0 Å². The Balaban J connectivity index is 0.000000921. The topological polar surface area (TPSA) is 29.5 Å². The van der Waals surface area contributed by atoms with Crippen LogP contribution in [0.1, 0.15) is 47.5 Å². The van der Waals surface area contributed by atoms with E-state index in [-0.39, 0.29) is 11.5 Å². The number of ether oxygens (including phenoxy) is 1. The van der Waals surface area contributed by atoms with Crippen molar-refractivity contribution in [1.29, 1.82) is 0 Å². The van der Waals surface area contributed by atoms with Gasteiger partial charge < -0.3 is 9.64 Å². The van der Waals surface area contributed by atoms with Gasteiger partial charge in [-0.05, 0) is 26.7 Å². The van der Waals surface area contributed by atoms with Crippen molar-refractivity contribution in [3.63, 3.8) is 0 Å². The number of hydrogen-bond donors (Lipinski definition) is 0. The predicted molar refractivity (Wildman–Crippen MR) is 62.8 cm³/mol. The van der Waals surface area contributed by atoms with Crippen molar-refractivity contribution in [3.8, 4) is 0 Å². The van der Waals surface area contributed by atoms with Gasteiger partial charge in [-0.3, -0.25) is 4.79 Å². The molecule has 2 unspecified atom stereocenters. The molecule has 15 heavy (non-hydrogen) atoms. The first-order valence-electron chi connectivity index (χ1n) is 5.81. The first-order chi connectivity index (χ1) is 6.98. The van der Waals surface area contributed by atoms with Crippen molar-refractivity contribution in [3.05, 3.63) is 0 Å². The summed E-state index contributed by atoms with van der Waals surface area (Å²) >= 11 is 0. The summed E-state index contributed by atoms with van der Waals surface area (Å²) in [6.07, 6.45) is 1.87. The van der Waals surface area contributed by atoms with E-state index in [1.165, 1.54) is 0 Å². The summed E-state index contributed by atoms with van der Waals surface area (Å²) in [5, 5.41) is 0. The Labute approximate surface area is 93.8 Å². The fourth-order valence-electron chi connectivity index (χ4n) is 2.07. The summed E-state index contributed by atoms with van der Waals surface area (Å²) < 4.78 is 5.44. The van der Waals surface area contributed by atoms with E-state index in [1.807, 2.05) is 18.7 Å². The second-order valence-electron chi connectivity index (χ2n) is 4.17. The number of methoxy groups -OCH3 is 1. The minimum atomic E-state index is -0.0363. The first kappa shape index (κ1) is 14.4. The smallest absolute Gasteiger partial charge is 0.219 e. The van der Waals surface area contributed by atoms with Crippen LogP contribution in [0.5, 0.6) is 0 Å². The molecule has 0 aliphatic carbocycles. The van der Waals surface area contributed by atoms with Gasteiger partial charge in [0.25, 0.3) is 0 Å². The zero-order valence-corrected chi connectivity index (χ0v) is 11.0. The van der Waals surface area contributed by atoms with Crippen LogP contribution in [-0.4, -0.2) is 36.1 Å². The van der Waals surface area contributed by atoms with Crippen LogP contribution in [0.2, 0.25) is 0 Å². The van der Waals surface area contributed by atoms with Gasteiger partial charge >= 0.3 is 0 Å². The minimum absolute atomic E-state index is 0.0363. The Morgan fingerprint density at radius 3 is 2.33 bits per heavy atom. The van der Waals surface area contributed by atoms with Crippen molar-refractivity contribution < 1.29 is 9.53 Å². The second kappa shape index (κ2) is 6.11. The van der Waals surface area contributed by atoms with Crippen molar-refractivity contribution in [2.75, 3.05) is 13.7 Å². The average Bonchev–Trinajstić information content (AvgIpc) is 2.20. The molecule has 0 aromatic carbocycles. The average molecular weight is 215 g/mol.